The van der Waals surface area contributed by atoms with Crippen molar-refractivity contribution < 1.29 is 0 Å². The minimum atomic E-state index is 0.717. The van der Waals surface area contributed by atoms with Crippen LogP contribution < -0.4 is 5.32 Å². The molecule has 0 unspecified atom stereocenters. The summed E-state index contributed by atoms with van der Waals surface area (Å²) in [5.74, 6) is 2.28. The zero-order valence-electron chi connectivity index (χ0n) is 9.49. The maximum Gasteiger partial charge on any atom is 0.203 e. The van der Waals surface area contributed by atoms with E-state index in [0.717, 1.165) is 18.2 Å². The number of rotatable bonds is 6. The molecule has 1 heterocycles. The van der Waals surface area contributed by atoms with Crippen molar-refractivity contribution >= 4 is 17.7 Å². The molecule has 2 rings (SSSR count). The average Bonchev–Trinajstić information content (AvgIpc) is 2.99. The van der Waals surface area contributed by atoms with Gasteiger partial charge in [0.15, 0.2) is 0 Å². The fourth-order valence-corrected chi connectivity index (χ4v) is 2.13. The monoisotopic (exact) mass is 225 g/mol. The molecule has 0 spiro atoms. The van der Waals surface area contributed by atoms with Crippen molar-refractivity contribution in [3.8, 4) is 0 Å². The van der Waals surface area contributed by atoms with E-state index in [-0.39, 0.29) is 0 Å². The van der Waals surface area contributed by atoms with E-state index in [9.17, 15) is 0 Å². The highest BCUT2D eigenvalue weighted by atomic mass is 32.2. The number of anilines is 1. The third-order valence-corrected chi connectivity index (χ3v) is 3.30. The topological polar surface area (TPSA) is 29.9 Å². The van der Waals surface area contributed by atoms with Gasteiger partial charge in [0.1, 0.15) is 0 Å². The van der Waals surface area contributed by atoms with Gasteiger partial charge in [0.2, 0.25) is 5.95 Å². The first-order valence-corrected chi connectivity index (χ1v) is 6.99. The number of nitrogens with zero attached hydrogens (tertiary/aromatic N) is 2. The van der Waals surface area contributed by atoms with Crippen molar-refractivity contribution in [2.75, 3.05) is 23.9 Å². The number of nitrogens with one attached hydrogen (secondary N) is 1. The van der Waals surface area contributed by atoms with Gasteiger partial charge in [-0.3, -0.25) is 0 Å². The van der Waals surface area contributed by atoms with E-state index in [1.807, 2.05) is 11.8 Å². The first kappa shape index (κ1) is 10.9. The molecule has 1 N–H and O–H groups in total. The molecule has 0 aromatic carbocycles. The predicted molar refractivity (Wildman–Crippen MR) is 66.7 cm³/mol. The second kappa shape index (κ2) is 4.92. The average molecular weight is 225 g/mol. The highest BCUT2D eigenvalue weighted by Gasteiger charge is 2.25. The fraction of sp³-hybridized carbons (Fsp3) is 0.727. The molecule has 1 saturated carbocycles. The molecule has 1 aliphatic carbocycles. The largest absolute Gasteiger partial charge is 0.356 e. The molecule has 1 aliphatic rings. The number of thioether (sulfide) groups is 1. The first-order chi connectivity index (χ1) is 7.31. The molecule has 0 radical (unpaired) electrons. The zero-order chi connectivity index (χ0) is 10.7. The summed E-state index contributed by atoms with van der Waals surface area (Å²) in [4.78, 5) is 4.51. The quantitative estimate of drug-likeness (QED) is 0.755. The Balaban J connectivity index is 1.88. The number of hydrogen-bond acceptors (Lipinski definition) is 3. The number of aryl methyl sites for hydroxylation is 1. The van der Waals surface area contributed by atoms with Crippen LogP contribution in [0, 0.1) is 6.92 Å². The molecule has 0 saturated heterocycles. The lowest BCUT2D eigenvalue weighted by Crippen LogP contribution is -2.08. The summed E-state index contributed by atoms with van der Waals surface area (Å²) >= 11 is 1.90. The second-order valence-electron chi connectivity index (χ2n) is 4.12. The van der Waals surface area contributed by atoms with E-state index < -0.39 is 0 Å². The molecule has 0 amide bonds. The molecule has 1 fully saturated rings. The van der Waals surface area contributed by atoms with Gasteiger partial charge in [0.25, 0.3) is 0 Å². The SMILES string of the molecule is CSCCCNc1nc(C)cn1C1CC1. The molecular weight excluding hydrogens is 206 g/mol. The maximum atomic E-state index is 4.51. The Morgan fingerprint density at radius 3 is 3.07 bits per heavy atom. The van der Waals surface area contributed by atoms with Gasteiger partial charge < -0.3 is 9.88 Å². The van der Waals surface area contributed by atoms with Gasteiger partial charge in [-0.1, -0.05) is 0 Å². The molecule has 1 aromatic heterocycles. The van der Waals surface area contributed by atoms with Gasteiger partial charge in [-0.25, -0.2) is 4.98 Å². The van der Waals surface area contributed by atoms with Crippen LogP contribution in [-0.2, 0) is 0 Å². The molecule has 0 aliphatic heterocycles. The molecule has 0 bridgehead atoms. The van der Waals surface area contributed by atoms with Crippen LogP contribution in [0.25, 0.3) is 0 Å². The van der Waals surface area contributed by atoms with Gasteiger partial charge in [-0.15, -0.1) is 0 Å². The highest BCUT2D eigenvalue weighted by molar-refractivity contribution is 7.98. The number of imidazole rings is 1. The molecule has 1 aromatic rings. The van der Waals surface area contributed by atoms with Crippen LogP contribution in [0.5, 0.6) is 0 Å². The summed E-state index contributed by atoms with van der Waals surface area (Å²) in [7, 11) is 0. The van der Waals surface area contributed by atoms with Gasteiger partial charge in [-0.05, 0) is 38.2 Å². The van der Waals surface area contributed by atoms with Crippen LogP contribution in [0.15, 0.2) is 6.20 Å². The lowest BCUT2D eigenvalue weighted by atomic mass is 10.5. The lowest BCUT2D eigenvalue weighted by Gasteiger charge is -2.07. The van der Waals surface area contributed by atoms with Gasteiger partial charge in [0.05, 0.1) is 5.69 Å². The summed E-state index contributed by atoms with van der Waals surface area (Å²) in [6.45, 7) is 3.09. The number of hydrogen-bond donors (Lipinski definition) is 1. The van der Waals surface area contributed by atoms with Crippen LogP contribution in [0.2, 0.25) is 0 Å². The third kappa shape index (κ3) is 2.91. The molecule has 84 valence electrons. The van der Waals surface area contributed by atoms with E-state index in [1.165, 1.54) is 25.0 Å². The zero-order valence-corrected chi connectivity index (χ0v) is 10.3. The molecule has 3 nitrogen and oxygen atoms in total. The van der Waals surface area contributed by atoms with Crippen LogP contribution in [0.1, 0.15) is 31.0 Å². The summed E-state index contributed by atoms with van der Waals surface area (Å²) in [6, 6.07) is 0.717. The van der Waals surface area contributed by atoms with E-state index in [1.54, 1.807) is 0 Å². The van der Waals surface area contributed by atoms with Crippen LogP contribution in [0.4, 0.5) is 5.95 Å². The maximum absolute atomic E-state index is 4.51. The van der Waals surface area contributed by atoms with E-state index in [0.29, 0.717) is 6.04 Å². The minimum absolute atomic E-state index is 0.717. The summed E-state index contributed by atoms with van der Waals surface area (Å²) < 4.78 is 2.30. The predicted octanol–water partition coefficient (Wildman–Crippen LogP) is 2.69. The third-order valence-electron chi connectivity index (χ3n) is 2.60. The molecular formula is C11H19N3S. The van der Waals surface area contributed by atoms with Gasteiger partial charge in [0, 0.05) is 18.8 Å². The van der Waals surface area contributed by atoms with Crippen molar-refractivity contribution in [1.29, 1.82) is 0 Å². The van der Waals surface area contributed by atoms with Crippen molar-refractivity contribution in [2.24, 2.45) is 0 Å². The van der Waals surface area contributed by atoms with Gasteiger partial charge >= 0.3 is 0 Å². The van der Waals surface area contributed by atoms with E-state index >= 15 is 0 Å². The van der Waals surface area contributed by atoms with Gasteiger partial charge in [-0.2, -0.15) is 11.8 Å². The summed E-state index contributed by atoms with van der Waals surface area (Å²) in [5, 5.41) is 3.43. The Labute approximate surface area is 95.7 Å². The summed E-state index contributed by atoms with van der Waals surface area (Å²) in [6.07, 6.45) is 8.15. The van der Waals surface area contributed by atoms with Crippen LogP contribution >= 0.6 is 11.8 Å². The fourth-order valence-electron chi connectivity index (χ4n) is 1.69. The van der Waals surface area contributed by atoms with Crippen molar-refractivity contribution in [2.45, 2.75) is 32.2 Å². The van der Waals surface area contributed by atoms with E-state index in [2.05, 4.69) is 34.2 Å². The normalized spacial score (nSPS) is 15.6. The Bertz CT molecular complexity index is 318. The van der Waals surface area contributed by atoms with Crippen molar-refractivity contribution in [3.63, 3.8) is 0 Å². The molecule has 15 heavy (non-hydrogen) atoms. The van der Waals surface area contributed by atoms with Crippen molar-refractivity contribution in [3.05, 3.63) is 11.9 Å². The lowest BCUT2D eigenvalue weighted by molar-refractivity contribution is 0.741. The Kier molecular flexibility index (Phi) is 3.57. The summed E-state index contributed by atoms with van der Waals surface area (Å²) in [5.41, 5.74) is 1.12. The van der Waals surface area contributed by atoms with Crippen molar-refractivity contribution in [1.82, 2.24) is 9.55 Å². The minimum Gasteiger partial charge on any atom is -0.356 e. The molecule has 0 atom stereocenters. The Hall–Kier alpha value is -0.640. The smallest absolute Gasteiger partial charge is 0.203 e. The van der Waals surface area contributed by atoms with E-state index in [4.69, 9.17) is 0 Å². The first-order valence-electron chi connectivity index (χ1n) is 5.59. The highest BCUT2D eigenvalue weighted by Crippen LogP contribution is 2.37. The van der Waals surface area contributed by atoms with Crippen LogP contribution in [-0.4, -0.2) is 28.1 Å². The second-order valence-corrected chi connectivity index (χ2v) is 5.10. The molecule has 4 heteroatoms. The Morgan fingerprint density at radius 1 is 1.60 bits per heavy atom. The van der Waals surface area contributed by atoms with Crippen LogP contribution in [0.3, 0.4) is 0 Å². The Morgan fingerprint density at radius 2 is 2.40 bits per heavy atom. The standard InChI is InChI=1S/C11H19N3S/c1-9-8-14(10-4-5-10)11(13-9)12-6-3-7-15-2/h8,10H,3-7H2,1-2H3,(H,12,13). The number of aromatic nitrogens is 2.